The molecule has 0 radical (unpaired) electrons. The third-order valence-corrected chi connectivity index (χ3v) is 6.78. The van der Waals surface area contributed by atoms with Gasteiger partial charge in [-0.3, -0.25) is 9.59 Å². The van der Waals surface area contributed by atoms with Crippen molar-refractivity contribution in [3.05, 3.63) is 21.0 Å². The van der Waals surface area contributed by atoms with Gasteiger partial charge < -0.3 is 9.84 Å². The van der Waals surface area contributed by atoms with Crippen LogP contribution in [0, 0.1) is 15.4 Å². The highest BCUT2D eigenvalue weighted by atomic mass is 127. The van der Waals surface area contributed by atoms with Gasteiger partial charge >= 0.3 is 0 Å². The lowest BCUT2D eigenvalue weighted by atomic mass is 9.67. The second-order valence-electron chi connectivity index (χ2n) is 6.75. The number of pyridine rings is 1. The van der Waals surface area contributed by atoms with Crippen LogP contribution >= 0.6 is 34.2 Å². The number of rotatable bonds is 1. The maximum absolute atomic E-state index is 12.9. The van der Waals surface area contributed by atoms with E-state index in [-0.39, 0.29) is 11.8 Å². The molecule has 3 aliphatic rings. The lowest BCUT2D eigenvalue weighted by Crippen LogP contribution is -2.49. The first-order valence-corrected chi connectivity index (χ1v) is 8.72. The topological polar surface area (TPSA) is 79.7 Å². The Morgan fingerprint density at radius 1 is 1.39 bits per heavy atom. The van der Waals surface area contributed by atoms with Crippen LogP contribution in [-0.2, 0) is 14.3 Å². The van der Waals surface area contributed by atoms with Crippen molar-refractivity contribution in [2.45, 2.75) is 37.6 Å². The highest BCUT2D eigenvalue weighted by molar-refractivity contribution is 14.1. The van der Waals surface area contributed by atoms with Crippen LogP contribution in [0.4, 0.5) is 5.69 Å². The highest BCUT2D eigenvalue weighted by Gasteiger charge is 2.75. The molecule has 122 valence electrons. The number of imide groups is 1. The van der Waals surface area contributed by atoms with Gasteiger partial charge in [0.05, 0.1) is 39.0 Å². The molecule has 2 unspecified atom stereocenters. The monoisotopic (exact) mass is 448 g/mol. The van der Waals surface area contributed by atoms with Crippen molar-refractivity contribution in [3.8, 4) is 0 Å². The van der Waals surface area contributed by atoms with Crippen molar-refractivity contribution in [3.63, 3.8) is 0 Å². The van der Waals surface area contributed by atoms with Crippen molar-refractivity contribution in [2.75, 3.05) is 4.90 Å². The summed E-state index contributed by atoms with van der Waals surface area (Å²) < 4.78 is 6.60. The molecule has 0 aromatic carbocycles. The fraction of sp³-hybridized carbons (Fsp3) is 0.533. The number of hydrogen-bond acceptors (Lipinski definition) is 5. The quantitative estimate of drug-likeness (QED) is 0.402. The predicted molar refractivity (Wildman–Crippen MR) is 90.0 cm³/mol. The van der Waals surface area contributed by atoms with Gasteiger partial charge in [-0.2, -0.15) is 0 Å². The SMILES string of the molecule is CC12C[C@H](O)C(C)(O1)[C@@H]1C(=O)N(c3cnc(Cl)c(I)c3)C(=O)[C@@H]12. The number of carbonyl (C=O) groups is 2. The third-order valence-electron chi connectivity index (χ3n) is 5.34. The standard InChI is InChI=1S/C15H14ClIN2O4/c1-14-4-8(20)15(2,23-14)10-9(14)12(21)19(13(10)22)6-3-7(17)11(16)18-5-6/h3,5,8-10,20H,4H2,1-2H3/t8-,9+,10-,14?,15?/m0/s1. The zero-order chi connectivity index (χ0) is 16.7. The number of hydrogen-bond donors (Lipinski definition) is 1. The number of fused-ring (bicyclic) bond motifs is 5. The first kappa shape index (κ1) is 15.7. The maximum atomic E-state index is 12.9. The molecule has 0 saturated carbocycles. The number of carbonyl (C=O) groups excluding carboxylic acids is 2. The number of anilines is 1. The van der Waals surface area contributed by atoms with Gasteiger partial charge in [-0.1, -0.05) is 11.6 Å². The Labute approximate surface area is 151 Å². The van der Waals surface area contributed by atoms with Crippen molar-refractivity contribution < 1.29 is 19.4 Å². The lowest BCUT2D eigenvalue weighted by Gasteiger charge is -2.31. The summed E-state index contributed by atoms with van der Waals surface area (Å²) in [7, 11) is 0. The fourth-order valence-corrected chi connectivity index (χ4v) is 4.87. The molecule has 8 heteroatoms. The lowest BCUT2D eigenvalue weighted by molar-refractivity contribution is -0.132. The first-order chi connectivity index (χ1) is 10.7. The molecule has 1 aromatic rings. The van der Waals surface area contributed by atoms with Crippen LogP contribution in [0.1, 0.15) is 20.3 Å². The molecule has 5 atom stereocenters. The highest BCUT2D eigenvalue weighted by Crippen LogP contribution is 2.60. The smallest absolute Gasteiger partial charge is 0.240 e. The molecule has 4 rings (SSSR count). The molecule has 6 nitrogen and oxygen atoms in total. The van der Waals surface area contributed by atoms with E-state index < -0.39 is 29.1 Å². The van der Waals surface area contributed by atoms with E-state index in [4.69, 9.17) is 16.3 Å². The molecule has 23 heavy (non-hydrogen) atoms. The van der Waals surface area contributed by atoms with E-state index in [0.29, 0.717) is 20.8 Å². The van der Waals surface area contributed by atoms with E-state index in [9.17, 15) is 14.7 Å². The summed E-state index contributed by atoms with van der Waals surface area (Å²) in [6, 6.07) is 1.66. The van der Waals surface area contributed by atoms with Gasteiger partial charge in [-0.05, 0) is 42.5 Å². The Hall–Kier alpha value is -0.770. The van der Waals surface area contributed by atoms with Crippen LogP contribution in [0.25, 0.3) is 0 Å². The van der Waals surface area contributed by atoms with E-state index in [1.165, 1.54) is 6.20 Å². The molecule has 0 aliphatic carbocycles. The van der Waals surface area contributed by atoms with E-state index in [1.54, 1.807) is 19.9 Å². The molecule has 1 aromatic heterocycles. The number of aromatic nitrogens is 1. The molecule has 2 amide bonds. The largest absolute Gasteiger partial charge is 0.390 e. The van der Waals surface area contributed by atoms with Gasteiger partial charge in [0.15, 0.2) is 0 Å². The molecule has 3 fully saturated rings. The van der Waals surface area contributed by atoms with Gasteiger partial charge in [-0.15, -0.1) is 0 Å². The summed E-state index contributed by atoms with van der Waals surface area (Å²) in [5, 5.41) is 10.6. The molecule has 0 spiro atoms. The van der Waals surface area contributed by atoms with Crippen molar-refractivity contribution >= 4 is 51.7 Å². The molecular weight excluding hydrogens is 435 g/mol. The Morgan fingerprint density at radius 3 is 2.70 bits per heavy atom. The van der Waals surface area contributed by atoms with Crippen LogP contribution in [0.2, 0.25) is 5.15 Å². The molecule has 2 bridgehead atoms. The Kier molecular flexibility index (Phi) is 3.18. The minimum absolute atomic E-state index is 0.293. The van der Waals surface area contributed by atoms with Crippen molar-refractivity contribution in [1.82, 2.24) is 4.98 Å². The van der Waals surface area contributed by atoms with Gasteiger partial charge in [0.2, 0.25) is 11.8 Å². The molecule has 3 saturated heterocycles. The van der Waals surface area contributed by atoms with Gasteiger partial charge in [0.1, 0.15) is 10.8 Å². The van der Waals surface area contributed by atoms with E-state index in [1.807, 2.05) is 22.6 Å². The van der Waals surface area contributed by atoms with Crippen LogP contribution in [0.3, 0.4) is 0 Å². The van der Waals surface area contributed by atoms with E-state index in [2.05, 4.69) is 4.98 Å². The summed E-state index contributed by atoms with van der Waals surface area (Å²) in [4.78, 5) is 31.0. The molecular formula is C15H14ClIN2O4. The van der Waals surface area contributed by atoms with E-state index in [0.717, 1.165) is 4.90 Å². The fourth-order valence-electron chi connectivity index (χ4n) is 4.31. The summed E-state index contributed by atoms with van der Waals surface area (Å²) in [5.41, 5.74) is -1.43. The van der Waals surface area contributed by atoms with Crippen LogP contribution in [0.5, 0.6) is 0 Å². The zero-order valence-electron chi connectivity index (χ0n) is 12.4. The predicted octanol–water partition coefficient (Wildman–Crippen LogP) is 1.76. The number of amides is 2. The average molecular weight is 449 g/mol. The number of nitrogens with zero attached hydrogens (tertiary/aromatic N) is 2. The Morgan fingerprint density at radius 2 is 2.04 bits per heavy atom. The summed E-state index contributed by atoms with van der Waals surface area (Å²) in [5.74, 6) is -1.88. The van der Waals surface area contributed by atoms with Crippen LogP contribution in [-0.4, -0.2) is 39.2 Å². The number of aliphatic hydroxyl groups is 1. The van der Waals surface area contributed by atoms with Crippen molar-refractivity contribution in [2.24, 2.45) is 11.8 Å². The number of aliphatic hydroxyl groups excluding tert-OH is 1. The summed E-state index contributed by atoms with van der Waals surface area (Å²) in [6.45, 7) is 3.51. The van der Waals surface area contributed by atoms with Gasteiger partial charge in [0.25, 0.3) is 0 Å². The second-order valence-corrected chi connectivity index (χ2v) is 8.27. The van der Waals surface area contributed by atoms with Crippen LogP contribution < -0.4 is 4.90 Å². The Bertz CT molecular complexity index is 759. The molecule has 3 aliphatic heterocycles. The van der Waals surface area contributed by atoms with Gasteiger partial charge in [-0.25, -0.2) is 9.88 Å². The van der Waals surface area contributed by atoms with Crippen molar-refractivity contribution in [1.29, 1.82) is 0 Å². The van der Waals surface area contributed by atoms with Gasteiger partial charge in [0, 0.05) is 6.42 Å². The Balaban J connectivity index is 1.80. The summed E-state index contributed by atoms with van der Waals surface area (Å²) in [6.07, 6.45) is 1.02. The summed E-state index contributed by atoms with van der Waals surface area (Å²) >= 11 is 7.92. The molecule has 1 N–H and O–H groups in total. The second kappa shape index (κ2) is 4.65. The normalized spacial score (nSPS) is 41.8. The van der Waals surface area contributed by atoms with Crippen LogP contribution in [0.15, 0.2) is 12.3 Å². The zero-order valence-corrected chi connectivity index (χ0v) is 15.3. The molecule has 4 heterocycles. The first-order valence-electron chi connectivity index (χ1n) is 7.26. The number of ether oxygens (including phenoxy) is 1. The maximum Gasteiger partial charge on any atom is 0.240 e. The average Bonchev–Trinajstić information content (AvgIpc) is 2.96. The minimum atomic E-state index is -1.02. The number of halogens is 2. The third kappa shape index (κ3) is 1.85. The minimum Gasteiger partial charge on any atom is -0.390 e. The van der Waals surface area contributed by atoms with E-state index >= 15 is 0 Å².